The summed E-state index contributed by atoms with van der Waals surface area (Å²) in [5.41, 5.74) is 0. The number of thioether (sulfide) groups is 1. The number of rotatable bonds is 4. The van der Waals surface area contributed by atoms with Gasteiger partial charge in [0.1, 0.15) is 0 Å². The second-order valence-electron chi connectivity index (χ2n) is 3.59. The van der Waals surface area contributed by atoms with Gasteiger partial charge < -0.3 is 5.32 Å². The van der Waals surface area contributed by atoms with Crippen LogP contribution in [0.1, 0.15) is 33.1 Å². The van der Waals surface area contributed by atoms with Gasteiger partial charge in [-0.25, -0.2) is 0 Å². The SMILES string of the molecule is C#CC(C)NC1CCCC1SCC. The van der Waals surface area contributed by atoms with E-state index in [2.05, 4.69) is 36.8 Å². The topological polar surface area (TPSA) is 12.0 Å². The molecule has 0 aromatic rings. The summed E-state index contributed by atoms with van der Waals surface area (Å²) in [6, 6.07) is 0.874. The second-order valence-corrected chi connectivity index (χ2v) is 5.10. The van der Waals surface area contributed by atoms with Gasteiger partial charge in [0.25, 0.3) is 0 Å². The first kappa shape index (κ1) is 10.9. The summed E-state index contributed by atoms with van der Waals surface area (Å²) in [5, 5.41) is 4.30. The van der Waals surface area contributed by atoms with E-state index in [1.54, 1.807) is 0 Å². The molecule has 0 radical (unpaired) electrons. The molecule has 1 nitrogen and oxygen atoms in total. The van der Waals surface area contributed by atoms with Crippen molar-refractivity contribution in [3.05, 3.63) is 0 Å². The van der Waals surface area contributed by atoms with Gasteiger partial charge in [0, 0.05) is 11.3 Å². The molecule has 2 heteroatoms. The van der Waals surface area contributed by atoms with Crippen molar-refractivity contribution in [1.29, 1.82) is 0 Å². The molecule has 0 aromatic carbocycles. The van der Waals surface area contributed by atoms with E-state index in [-0.39, 0.29) is 6.04 Å². The number of terminal acetylenes is 1. The van der Waals surface area contributed by atoms with Crippen molar-refractivity contribution >= 4 is 11.8 Å². The van der Waals surface area contributed by atoms with Crippen molar-refractivity contribution in [3.63, 3.8) is 0 Å². The van der Waals surface area contributed by atoms with Crippen LogP contribution in [0.4, 0.5) is 0 Å². The predicted molar refractivity (Wildman–Crippen MR) is 61.0 cm³/mol. The minimum Gasteiger partial charge on any atom is -0.300 e. The highest BCUT2D eigenvalue weighted by atomic mass is 32.2. The van der Waals surface area contributed by atoms with E-state index in [0.717, 1.165) is 5.25 Å². The maximum Gasteiger partial charge on any atom is 0.0660 e. The van der Waals surface area contributed by atoms with E-state index in [1.807, 2.05) is 0 Å². The van der Waals surface area contributed by atoms with Gasteiger partial charge in [0.2, 0.25) is 0 Å². The van der Waals surface area contributed by atoms with Gasteiger partial charge >= 0.3 is 0 Å². The quantitative estimate of drug-likeness (QED) is 0.694. The fourth-order valence-corrected chi connectivity index (χ4v) is 3.11. The van der Waals surface area contributed by atoms with E-state index in [1.165, 1.54) is 25.0 Å². The van der Waals surface area contributed by atoms with Crippen LogP contribution in [0.5, 0.6) is 0 Å². The second kappa shape index (κ2) is 5.57. The Morgan fingerprint density at radius 2 is 2.38 bits per heavy atom. The molecule has 1 N–H and O–H groups in total. The highest BCUT2D eigenvalue weighted by Gasteiger charge is 2.27. The first-order chi connectivity index (χ1) is 6.27. The van der Waals surface area contributed by atoms with E-state index in [4.69, 9.17) is 6.42 Å². The van der Waals surface area contributed by atoms with Crippen molar-refractivity contribution in [2.75, 3.05) is 5.75 Å². The van der Waals surface area contributed by atoms with Crippen molar-refractivity contribution in [1.82, 2.24) is 5.32 Å². The average Bonchev–Trinajstić information content (AvgIpc) is 2.54. The minimum atomic E-state index is 0.225. The standard InChI is InChI=1S/C11H19NS/c1-4-9(3)12-10-7-6-8-11(10)13-5-2/h1,9-12H,5-8H2,2-3H3. The van der Waals surface area contributed by atoms with Crippen LogP contribution in [0, 0.1) is 12.3 Å². The molecular weight excluding hydrogens is 178 g/mol. The Labute approximate surface area is 86.1 Å². The van der Waals surface area contributed by atoms with Gasteiger partial charge in [-0.05, 0) is 25.5 Å². The highest BCUT2D eigenvalue weighted by molar-refractivity contribution is 7.99. The van der Waals surface area contributed by atoms with E-state index >= 15 is 0 Å². The molecule has 3 atom stereocenters. The van der Waals surface area contributed by atoms with E-state index in [9.17, 15) is 0 Å². The molecule has 13 heavy (non-hydrogen) atoms. The fraction of sp³-hybridized carbons (Fsp3) is 0.818. The zero-order valence-corrected chi connectivity index (χ0v) is 9.36. The van der Waals surface area contributed by atoms with Crippen LogP contribution in [0.25, 0.3) is 0 Å². The monoisotopic (exact) mass is 197 g/mol. The lowest BCUT2D eigenvalue weighted by molar-refractivity contribution is 0.510. The zero-order chi connectivity index (χ0) is 9.68. The Morgan fingerprint density at radius 1 is 1.62 bits per heavy atom. The molecule has 1 aliphatic carbocycles. The molecule has 3 unspecified atom stereocenters. The van der Waals surface area contributed by atoms with Gasteiger partial charge in [-0.1, -0.05) is 19.3 Å². The summed E-state index contributed by atoms with van der Waals surface area (Å²) in [7, 11) is 0. The van der Waals surface area contributed by atoms with Crippen LogP contribution in [0.3, 0.4) is 0 Å². The smallest absolute Gasteiger partial charge is 0.0660 e. The molecule has 0 saturated heterocycles. The molecule has 0 amide bonds. The normalized spacial score (nSPS) is 29.9. The molecule has 0 aromatic heterocycles. The number of hydrogen-bond donors (Lipinski definition) is 1. The molecule has 0 heterocycles. The number of hydrogen-bond acceptors (Lipinski definition) is 2. The lowest BCUT2D eigenvalue weighted by Crippen LogP contribution is -2.39. The molecule has 0 bridgehead atoms. The van der Waals surface area contributed by atoms with Crippen molar-refractivity contribution < 1.29 is 0 Å². The maximum atomic E-state index is 5.35. The summed E-state index contributed by atoms with van der Waals surface area (Å²) in [4.78, 5) is 0. The van der Waals surface area contributed by atoms with Crippen LogP contribution in [-0.2, 0) is 0 Å². The molecule has 0 spiro atoms. The number of nitrogens with one attached hydrogen (secondary N) is 1. The van der Waals surface area contributed by atoms with Crippen LogP contribution < -0.4 is 5.32 Å². The molecule has 0 aliphatic heterocycles. The summed E-state index contributed by atoms with van der Waals surface area (Å²) in [6.45, 7) is 4.29. The third kappa shape index (κ3) is 3.25. The summed E-state index contributed by atoms with van der Waals surface area (Å²) < 4.78 is 0. The lowest BCUT2D eigenvalue weighted by Gasteiger charge is -2.21. The van der Waals surface area contributed by atoms with Gasteiger partial charge in [-0.3, -0.25) is 0 Å². The Balaban J connectivity index is 2.35. The average molecular weight is 197 g/mol. The molecule has 1 aliphatic rings. The summed E-state index contributed by atoms with van der Waals surface area (Å²) >= 11 is 2.07. The molecular formula is C11H19NS. The van der Waals surface area contributed by atoms with Crippen LogP contribution in [0.2, 0.25) is 0 Å². The molecule has 74 valence electrons. The van der Waals surface area contributed by atoms with Crippen LogP contribution in [-0.4, -0.2) is 23.1 Å². The summed E-state index contributed by atoms with van der Waals surface area (Å²) in [5.74, 6) is 3.95. The lowest BCUT2D eigenvalue weighted by atomic mass is 10.2. The largest absolute Gasteiger partial charge is 0.300 e. The zero-order valence-electron chi connectivity index (χ0n) is 8.55. The van der Waals surface area contributed by atoms with Gasteiger partial charge in [-0.2, -0.15) is 11.8 Å². The first-order valence-electron chi connectivity index (χ1n) is 5.11. The van der Waals surface area contributed by atoms with Crippen molar-refractivity contribution in [2.45, 2.75) is 50.4 Å². The van der Waals surface area contributed by atoms with Gasteiger partial charge in [-0.15, -0.1) is 6.42 Å². The minimum absolute atomic E-state index is 0.225. The van der Waals surface area contributed by atoms with Crippen LogP contribution >= 0.6 is 11.8 Å². The third-order valence-electron chi connectivity index (χ3n) is 2.55. The third-order valence-corrected chi connectivity index (χ3v) is 3.87. The Kier molecular flexibility index (Phi) is 4.69. The van der Waals surface area contributed by atoms with Gasteiger partial charge in [0.05, 0.1) is 6.04 Å². The highest BCUT2D eigenvalue weighted by Crippen LogP contribution is 2.29. The summed E-state index contributed by atoms with van der Waals surface area (Å²) in [6.07, 6.45) is 9.35. The molecule has 1 rings (SSSR count). The Morgan fingerprint density at radius 3 is 3.00 bits per heavy atom. The van der Waals surface area contributed by atoms with E-state index in [0.29, 0.717) is 6.04 Å². The maximum absolute atomic E-state index is 5.35. The van der Waals surface area contributed by atoms with E-state index < -0.39 is 0 Å². The van der Waals surface area contributed by atoms with Gasteiger partial charge in [0.15, 0.2) is 0 Å². The van der Waals surface area contributed by atoms with Crippen molar-refractivity contribution in [2.24, 2.45) is 0 Å². The molecule has 1 fully saturated rings. The van der Waals surface area contributed by atoms with Crippen LogP contribution in [0.15, 0.2) is 0 Å². The molecule has 1 saturated carbocycles. The fourth-order valence-electron chi connectivity index (χ4n) is 1.90. The Bertz CT molecular complexity index is 185. The predicted octanol–water partition coefficient (Wildman–Crippen LogP) is 2.27. The Hall–Kier alpha value is -0.130. The first-order valence-corrected chi connectivity index (χ1v) is 6.16. The van der Waals surface area contributed by atoms with Crippen molar-refractivity contribution in [3.8, 4) is 12.3 Å².